The van der Waals surface area contributed by atoms with Crippen LogP contribution in [0.25, 0.3) is 10.9 Å². The second kappa shape index (κ2) is 16.2. The molecule has 0 saturated carbocycles. The number of H-pyrrole nitrogens is 1. The summed E-state index contributed by atoms with van der Waals surface area (Å²) >= 11 is 0. The molecule has 0 bridgehead atoms. The molecule has 4 N–H and O–H groups in total. The number of nitrogens with one attached hydrogen (secondary N) is 4. The van der Waals surface area contributed by atoms with Gasteiger partial charge in [-0.1, -0.05) is 78.9 Å². The van der Waals surface area contributed by atoms with Crippen molar-refractivity contribution in [3.63, 3.8) is 0 Å². The number of imidazole rings is 1. The molecule has 0 radical (unpaired) electrons. The molecule has 3 atom stereocenters. The molecule has 5 aromatic rings. The number of carbonyl (C=O) groups excluding carboxylic acids is 5. The number of aromatic nitrogens is 3. The molecule has 2 heterocycles. The minimum absolute atomic E-state index is 0.00186. The third-order valence-corrected chi connectivity index (χ3v) is 8.20. The van der Waals surface area contributed by atoms with Crippen LogP contribution in [0.2, 0.25) is 0 Å². The van der Waals surface area contributed by atoms with Crippen LogP contribution in [0.5, 0.6) is 0 Å². The Morgan fingerprint density at radius 3 is 2.04 bits per heavy atom. The largest absolute Gasteiger partial charge is 0.348 e. The van der Waals surface area contributed by atoms with E-state index in [0.29, 0.717) is 29.7 Å². The summed E-state index contributed by atoms with van der Waals surface area (Å²) in [5, 5.41) is 9.15. The number of para-hydroxylation sites is 1. The van der Waals surface area contributed by atoms with Crippen molar-refractivity contribution in [3.8, 4) is 0 Å². The molecule has 0 saturated heterocycles. The van der Waals surface area contributed by atoms with Gasteiger partial charge in [-0.3, -0.25) is 28.5 Å². The first-order chi connectivity index (χ1) is 23.7. The molecular weight excluding hydrogens is 622 g/mol. The Labute approximate surface area is 283 Å². The third-order valence-electron chi connectivity index (χ3n) is 8.20. The monoisotopic (exact) mass is 661 g/mol. The van der Waals surface area contributed by atoms with E-state index in [9.17, 15) is 24.0 Å². The number of rotatable bonds is 15. The molecule has 0 aliphatic heterocycles. The average Bonchev–Trinajstić information content (AvgIpc) is 3.75. The summed E-state index contributed by atoms with van der Waals surface area (Å²) in [6.45, 7) is 1.63. The summed E-state index contributed by atoms with van der Waals surface area (Å²) in [6.07, 6.45) is 5.63. The van der Waals surface area contributed by atoms with Gasteiger partial charge in [-0.15, -0.1) is 0 Å². The first kappa shape index (κ1) is 34.3. The Bertz CT molecular complexity index is 1890. The highest BCUT2D eigenvalue weighted by atomic mass is 16.2. The normalized spacial score (nSPS) is 12.8. The maximum Gasteiger partial charge on any atom is 0.245 e. The van der Waals surface area contributed by atoms with Crippen molar-refractivity contribution < 1.29 is 24.0 Å². The van der Waals surface area contributed by atoms with Crippen LogP contribution in [-0.4, -0.2) is 74.6 Å². The van der Waals surface area contributed by atoms with Crippen LogP contribution in [0.3, 0.4) is 0 Å². The predicted octanol–water partition coefficient (Wildman–Crippen LogP) is 2.56. The fraction of sp³-hybridized carbons (Fsp3) is 0.243. The third kappa shape index (κ3) is 9.07. The number of amides is 4. The quantitative estimate of drug-likeness (QED) is 0.126. The highest BCUT2D eigenvalue weighted by Crippen LogP contribution is 2.22. The van der Waals surface area contributed by atoms with Gasteiger partial charge in [-0.2, -0.15) is 0 Å². The average molecular weight is 662 g/mol. The Balaban J connectivity index is 1.45. The second-order valence-electron chi connectivity index (χ2n) is 11.9. The van der Waals surface area contributed by atoms with Gasteiger partial charge in [-0.05, 0) is 22.8 Å². The van der Waals surface area contributed by atoms with Gasteiger partial charge in [0.15, 0.2) is 0 Å². The molecular formula is C37H39N7O5. The first-order valence-electron chi connectivity index (χ1n) is 15.9. The topological polar surface area (TPSA) is 158 Å². The Morgan fingerprint density at radius 1 is 0.796 bits per heavy atom. The van der Waals surface area contributed by atoms with Crippen molar-refractivity contribution in [1.82, 2.24) is 35.4 Å². The number of likely N-dealkylation sites (N-methyl/N-ethyl adjacent to an activating group) is 1. The number of hydrogen-bond donors (Lipinski definition) is 4. The number of benzene rings is 3. The lowest BCUT2D eigenvalue weighted by Gasteiger charge is -2.28. The molecule has 2 aromatic heterocycles. The standard InChI is InChI=1S/C37H39N7O5/c1-25(46)40-32(19-29-20-38-23-39-29)36(48)41-31(18-28-22-44(24-45)34-16-10-9-15-30(28)34)35(47)42-33(17-26-11-5-3-6-12-26)37(49)43(2)21-27-13-7-4-8-14-27/h3-16,20,22-24,31-33H,17-19,21H2,1-2H3,(H,38,39)(H,40,46)(H,41,48)(H,42,47)/t31-,32+,33+/m1/s1. The van der Waals surface area contributed by atoms with E-state index in [0.717, 1.165) is 16.5 Å². The van der Waals surface area contributed by atoms with Crippen molar-refractivity contribution in [3.05, 3.63) is 126 Å². The molecule has 12 heteroatoms. The zero-order valence-electron chi connectivity index (χ0n) is 27.3. The van der Waals surface area contributed by atoms with Gasteiger partial charge >= 0.3 is 0 Å². The minimum Gasteiger partial charge on any atom is -0.348 e. The van der Waals surface area contributed by atoms with Crippen LogP contribution in [0.1, 0.15) is 29.3 Å². The number of fused-ring (bicyclic) bond motifs is 1. The van der Waals surface area contributed by atoms with E-state index in [2.05, 4.69) is 25.9 Å². The van der Waals surface area contributed by atoms with Crippen molar-refractivity contribution in [2.45, 2.75) is 50.9 Å². The number of nitrogens with zero attached hydrogens (tertiary/aromatic N) is 3. The molecule has 0 fully saturated rings. The number of aromatic amines is 1. The second-order valence-corrected chi connectivity index (χ2v) is 11.9. The van der Waals surface area contributed by atoms with Crippen molar-refractivity contribution in [1.29, 1.82) is 0 Å². The Kier molecular flexibility index (Phi) is 11.3. The highest BCUT2D eigenvalue weighted by molar-refractivity contribution is 5.95. The maximum atomic E-state index is 14.3. The molecule has 0 spiro atoms. The molecule has 0 aliphatic rings. The fourth-order valence-corrected chi connectivity index (χ4v) is 5.82. The summed E-state index contributed by atoms with van der Waals surface area (Å²) in [6, 6.07) is 23.0. The molecule has 49 heavy (non-hydrogen) atoms. The SMILES string of the molecule is CC(=O)N[C@@H](Cc1cnc[nH]1)C(=O)N[C@H](Cc1cn(C=O)c2ccccc12)C(=O)N[C@@H](Cc1ccccc1)C(=O)N(C)Cc1ccccc1. The van der Waals surface area contributed by atoms with Crippen LogP contribution >= 0.6 is 0 Å². The van der Waals surface area contributed by atoms with Crippen LogP contribution in [-0.2, 0) is 49.8 Å². The van der Waals surface area contributed by atoms with Gasteiger partial charge < -0.3 is 25.8 Å². The van der Waals surface area contributed by atoms with Crippen molar-refractivity contribution in [2.24, 2.45) is 0 Å². The van der Waals surface area contributed by atoms with Crippen LogP contribution in [0, 0.1) is 0 Å². The van der Waals surface area contributed by atoms with Gasteiger partial charge in [0.2, 0.25) is 30.0 Å². The Morgan fingerprint density at radius 2 is 1.41 bits per heavy atom. The lowest BCUT2D eigenvalue weighted by molar-refractivity contribution is -0.137. The van der Waals surface area contributed by atoms with E-state index in [4.69, 9.17) is 0 Å². The van der Waals surface area contributed by atoms with Crippen molar-refractivity contribution >= 4 is 40.9 Å². The summed E-state index contributed by atoms with van der Waals surface area (Å²) < 4.78 is 1.42. The number of hydrogen-bond acceptors (Lipinski definition) is 6. The fourth-order valence-electron chi connectivity index (χ4n) is 5.82. The predicted molar refractivity (Wildman–Crippen MR) is 185 cm³/mol. The summed E-state index contributed by atoms with van der Waals surface area (Å²) in [7, 11) is 1.68. The van der Waals surface area contributed by atoms with Gasteiger partial charge in [0.1, 0.15) is 18.1 Å². The molecule has 5 rings (SSSR count). The highest BCUT2D eigenvalue weighted by Gasteiger charge is 2.32. The molecule has 0 unspecified atom stereocenters. The molecule has 3 aromatic carbocycles. The van der Waals surface area contributed by atoms with E-state index in [-0.39, 0.29) is 25.2 Å². The van der Waals surface area contributed by atoms with Gasteiger partial charge in [0, 0.05) is 63.3 Å². The molecule has 252 valence electrons. The number of carbonyl (C=O) groups is 5. The molecule has 4 amide bonds. The van der Waals surface area contributed by atoms with E-state index in [1.165, 1.54) is 17.8 Å². The minimum atomic E-state index is -1.18. The van der Waals surface area contributed by atoms with Crippen LogP contribution in [0.4, 0.5) is 0 Å². The van der Waals surface area contributed by atoms with Crippen LogP contribution in [0.15, 0.2) is 104 Å². The van der Waals surface area contributed by atoms with E-state index in [1.807, 2.05) is 72.8 Å². The van der Waals surface area contributed by atoms with Gasteiger partial charge in [-0.25, -0.2) is 4.98 Å². The summed E-state index contributed by atoms with van der Waals surface area (Å²) in [5.74, 6) is -1.93. The summed E-state index contributed by atoms with van der Waals surface area (Å²) in [5.41, 5.74) is 3.67. The zero-order chi connectivity index (χ0) is 34.8. The smallest absolute Gasteiger partial charge is 0.245 e. The van der Waals surface area contributed by atoms with Gasteiger partial charge in [0.05, 0.1) is 11.8 Å². The summed E-state index contributed by atoms with van der Waals surface area (Å²) in [4.78, 5) is 74.5. The van der Waals surface area contributed by atoms with E-state index >= 15 is 0 Å². The Hall–Kier alpha value is -6.04. The van der Waals surface area contributed by atoms with E-state index < -0.39 is 35.8 Å². The van der Waals surface area contributed by atoms with E-state index in [1.54, 1.807) is 36.5 Å². The zero-order valence-corrected chi connectivity index (χ0v) is 27.3. The van der Waals surface area contributed by atoms with Gasteiger partial charge in [0.25, 0.3) is 0 Å². The first-order valence-corrected chi connectivity index (χ1v) is 15.9. The molecule has 0 aliphatic carbocycles. The van der Waals surface area contributed by atoms with Crippen molar-refractivity contribution in [2.75, 3.05) is 7.05 Å². The maximum absolute atomic E-state index is 14.3. The van der Waals surface area contributed by atoms with Crippen LogP contribution < -0.4 is 16.0 Å². The lowest BCUT2D eigenvalue weighted by atomic mass is 10.0. The lowest BCUT2D eigenvalue weighted by Crippen LogP contribution is -2.58. The molecule has 12 nitrogen and oxygen atoms in total.